The predicted molar refractivity (Wildman–Crippen MR) is 123 cm³/mol. The van der Waals surface area contributed by atoms with E-state index >= 15 is 0 Å². The van der Waals surface area contributed by atoms with Gasteiger partial charge in [-0.3, -0.25) is 0 Å². The van der Waals surface area contributed by atoms with E-state index in [2.05, 4.69) is 81.1 Å². The molecule has 0 radical (unpaired) electrons. The molecule has 0 heterocycles. The molecule has 2 aromatic carbocycles. The normalized spacial score (nSPS) is 11.1. The van der Waals surface area contributed by atoms with Crippen LogP contribution in [0.4, 0.5) is 0 Å². The summed E-state index contributed by atoms with van der Waals surface area (Å²) in [6.45, 7) is 7.02. The Morgan fingerprint density at radius 2 is 1.15 bits per heavy atom. The molecular formula is C26H36Ge. The summed E-state index contributed by atoms with van der Waals surface area (Å²) in [6, 6.07) is 19.7. The van der Waals surface area contributed by atoms with Crippen molar-refractivity contribution in [1.82, 2.24) is 0 Å². The van der Waals surface area contributed by atoms with Crippen LogP contribution in [-0.2, 0) is 0 Å². The molecular weight excluding hydrogens is 385 g/mol. The molecule has 0 saturated carbocycles. The molecule has 0 saturated heterocycles. The van der Waals surface area contributed by atoms with Crippen LogP contribution in [0.3, 0.4) is 0 Å². The van der Waals surface area contributed by atoms with Gasteiger partial charge in [0.2, 0.25) is 0 Å². The first-order valence-electron chi connectivity index (χ1n) is 10.9. The Kier molecular flexibility index (Phi) is 9.78. The zero-order valence-electron chi connectivity index (χ0n) is 17.6. The van der Waals surface area contributed by atoms with Crippen molar-refractivity contribution in [2.75, 3.05) is 0 Å². The van der Waals surface area contributed by atoms with Crippen LogP contribution in [0.5, 0.6) is 0 Å². The van der Waals surface area contributed by atoms with Crippen molar-refractivity contribution in [2.45, 2.75) is 75.1 Å². The number of unbranched alkanes of at least 4 members (excludes halogenated alkanes) is 3. The van der Waals surface area contributed by atoms with Crippen molar-refractivity contribution in [3.05, 3.63) is 65.7 Å². The van der Waals surface area contributed by atoms with Crippen LogP contribution in [0, 0.1) is 11.8 Å². The molecule has 0 fully saturated rings. The van der Waals surface area contributed by atoms with Crippen LogP contribution in [-0.4, -0.2) is 13.3 Å². The molecule has 0 N–H and O–H groups in total. The molecule has 0 spiro atoms. The van der Waals surface area contributed by atoms with Crippen molar-refractivity contribution in [3.8, 4) is 11.8 Å². The third kappa shape index (κ3) is 6.89. The second-order valence-corrected chi connectivity index (χ2v) is 17.5. The summed E-state index contributed by atoms with van der Waals surface area (Å²) in [5.41, 5.74) is 2.29. The first kappa shape index (κ1) is 21.8. The standard InChI is InChI=1S/C26H36Ge/c1-4-7-20-27(21-8-5-2,22-9-6-3)26-17-13-16-25(23-26)19-18-24-14-11-10-12-15-24/h10-17,23H,4-9,20-22H2,1-3H3. The Morgan fingerprint density at radius 1 is 0.630 bits per heavy atom. The molecule has 0 aromatic heterocycles. The number of benzene rings is 2. The van der Waals surface area contributed by atoms with Gasteiger partial charge in [-0.05, 0) is 0 Å². The van der Waals surface area contributed by atoms with E-state index in [9.17, 15) is 0 Å². The van der Waals surface area contributed by atoms with Crippen molar-refractivity contribution < 1.29 is 0 Å². The van der Waals surface area contributed by atoms with E-state index in [1.54, 1.807) is 4.40 Å². The summed E-state index contributed by atoms with van der Waals surface area (Å²) in [5.74, 6) is 6.76. The Bertz CT molecular complexity index is 699. The fraction of sp³-hybridized carbons (Fsp3) is 0.462. The van der Waals surface area contributed by atoms with Crippen molar-refractivity contribution in [1.29, 1.82) is 0 Å². The van der Waals surface area contributed by atoms with Gasteiger partial charge in [0.15, 0.2) is 0 Å². The van der Waals surface area contributed by atoms with E-state index in [0.29, 0.717) is 0 Å². The summed E-state index contributed by atoms with van der Waals surface area (Å²) in [6.07, 6.45) is 8.14. The van der Waals surface area contributed by atoms with Crippen LogP contribution in [0.15, 0.2) is 54.6 Å². The monoisotopic (exact) mass is 422 g/mol. The van der Waals surface area contributed by atoms with E-state index in [1.807, 2.05) is 6.07 Å². The maximum absolute atomic E-state index is 3.42. The Hall–Kier alpha value is -1.46. The summed E-state index contributed by atoms with van der Waals surface area (Å²) in [7, 11) is 0. The Morgan fingerprint density at radius 3 is 1.70 bits per heavy atom. The van der Waals surface area contributed by atoms with Gasteiger partial charge in [0.1, 0.15) is 0 Å². The van der Waals surface area contributed by atoms with Gasteiger partial charge in [-0.15, -0.1) is 0 Å². The average Bonchev–Trinajstić information content (AvgIpc) is 2.73. The van der Waals surface area contributed by atoms with E-state index < -0.39 is 13.3 Å². The molecule has 0 unspecified atom stereocenters. The van der Waals surface area contributed by atoms with Gasteiger partial charge in [-0.2, -0.15) is 0 Å². The van der Waals surface area contributed by atoms with Gasteiger partial charge < -0.3 is 0 Å². The molecule has 27 heavy (non-hydrogen) atoms. The molecule has 0 aliphatic carbocycles. The van der Waals surface area contributed by atoms with Crippen LogP contribution in [0.1, 0.15) is 70.4 Å². The Balaban J connectivity index is 2.34. The van der Waals surface area contributed by atoms with Crippen molar-refractivity contribution >= 4 is 17.7 Å². The first-order valence-corrected chi connectivity index (χ1v) is 16.4. The summed E-state index contributed by atoms with van der Waals surface area (Å²) in [5, 5.41) is 4.48. The molecule has 2 rings (SSSR count). The molecule has 0 atom stereocenters. The summed E-state index contributed by atoms with van der Waals surface area (Å²) >= 11 is -2.06. The number of hydrogen-bond acceptors (Lipinski definition) is 0. The second kappa shape index (κ2) is 12.1. The van der Waals surface area contributed by atoms with Crippen molar-refractivity contribution in [3.63, 3.8) is 0 Å². The zero-order chi connectivity index (χ0) is 19.4. The third-order valence-corrected chi connectivity index (χ3v) is 17.1. The molecule has 2 aromatic rings. The summed E-state index contributed by atoms with van der Waals surface area (Å²) < 4.78 is 1.70. The SMILES string of the molecule is CCC[CH2][Ge]([CH2]CCC)([CH2]CCC)[c]1cccc(C#Cc2ccccc2)c1. The molecule has 0 aliphatic rings. The van der Waals surface area contributed by atoms with Gasteiger partial charge in [0, 0.05) is 0 Å². The summed E-state index contributed by atoms with van der Waals surface area (Å²) in [4.78, 5) is 0. The van der Waals surface area contributed by atoms with Crippen LogP contribution >= 0.6 is 0 Å². The van der Waals surface area contributed by atoms with Crippen molar-refractivity contribution in [2.24, 2.45) is 0 Å². The molecule has 144 valence electrons. The van der Waals surface area contributed by atoms with Gasteiger partial charge in [-0.25, -0.2) is 0 Å². The van der Waals surface area contributed by atoms with Gasteiger partial charge in [-0.1, -0.05) is 0 Å². The minimum atomic E-state index is -2.06. The molecule has 0 aliphatic heterocycles. The second-order valence-electron chi connectivity index (χ2n) is 7.79. The quantitative estimate of drug-likeness (QED) is 0.283. The van der Waals surface area contributed by atoms with E-state index in [4.69, 9.17) is 0 Å². The van der Waals surface area contributed by atoms with Crippen LogP contribution < -0.4 is 4.40 Å². The topological polar surface area (TPSA) is 0 Å². The van der Waals surface area contributed by atoms with Crippen LogP contribution in [0.25, 0.3) is 0 Å². The Labute approximate surface area is 170 Å². The van der Waals surface area contributed by atoms with E-state index in [-0.39, 0.29) is 0 Å². The molecule has 0 bridgehead atoms. The predicted octanol–water partition coefficient (Wildman–Crippen LogP) is 7.14. The fourth-order valence-corrected chi connectivity index (χ4v) is 15.7. The number of hydrogen-bond donors (Lipinski definition) is 0. The van der Waals surface area contributed by atoms with E-state index in [0.717, 1.165) is 5.56 Å². The van der Waals surface area contributed by atoms with Gasteiger partial charge in [0.25, 0.3) is 0 Å². The molecule has 1 heteroatoms. The van der Waals surface area contributed by atoms with Gasteiger partial charge in [0.05, 0.1) is 0 Å². The van der Waals surface area contributed by atoms with Crippen LogP contribution in [0.2, 0.25) is 15.8 Å². The zero-order valence-corrected chi connectivity index (χ0v) is 19.7. The van der Waals surface area contributed by atoms with E-state index in [1.165, 1.54) is 59.8 Å². The average molecular weight is 421 g/mol. The maximum atomic E-state index is 3.42. The van der Waals surface area contributed by atoms with Gasteiger partial charge >= 0.3 is 170 Å². The minimum absolute atomic E-state index is 1.10. The number of rotatable bonds is 10. The molecule has 0 amide bonds. The third-order valence-electron chi connectivity index (χ3n) is 5.63. The molecule has 0 nitrogen and oxygen atoms in total. The fourth-order valence-electron chi connectivity index (χ4n) is 3.95. The first-order chi connectivity index (χ1) is 13.2.